The van der Waals surface area contributed by atoms with E-state index >= 15 is 0 Å². The molecule has 6 heteroatoms. The van der Waals surface area contributed by atoms with E-state index in [0.29, 0.717) is 0 Å². The summed E-state index contributed by atoms with van der Waals surface area (Å²) < 4.78 is 0. The van der Waals surface area contributed by atoms with Crippen molar-refractivity contribution < 1.29 is 19.8 Å². The molecule has 0 saturated heterocycles. The molecule has 0 rings (SSSR count). The summed E-state index contributed by atoms with van der Waals surface area (Å²) in [5.74, 6) is -1.15. The molecule has 0 aliphatic carbocycles. The summed E-state index contributed by atoms with van der Waals surface area (Å²) in [7, 11) is 0. The molecule has 2 amide bonds. The molecule has 2 atom stereocenters. The van der Waals surface area contributed by atoms with Gasteiger partial charge in [-0.25, -0.2) is 9.59 Å². The summed E-state index contributed by atoms with van der Waals surface area (Å²) in [5, 5.41) is 22.3. The van der Waals surface area contributed by atoms with Crippen LogP contribution < -0.4 is 10.6 Å². The highest BCUT2D eigenvalue weighted by Gasteiger charge is 2.19. The summed E-state index contributed by atoms with van der Waals surface area (Å²) in [4.78, 5) is 22.0. The Morgan fingerprint density at radius 3 is 2.31 bits per heavy atom. The number of carbonyl (C=O) groups is 2. The van der Waals surface area contributed by atoms with Gasteiger partial charge in [0, 0.05) is 19.1 Å². The van der Waals surface area contributed by atoms with Gasteiger partial charge in [-0.2, -0.15) is 0 Å². The Kier molecular flexibility index (Phi) is 7.28. The van der Waals surface area contributed by atoms with E-state index in [1.807, 2.05) is 13.8 Å². The van der Waals surface area contributed by atoms with Gasteiger partial charge >= 0.3 is 12.0 Å². The monoisotopic (exact) mass is 232 g/mol. The van der Waals surface area contributed by atoms with Gasteiger partial charge in [0.2, 0.25) is 0 Å². The first-order valence-corrected chi connectivity index (χ1v) is 5.42. The minimum Gasteiger partial charge on any atom is -0.480 e. The third-order valence-electron chi connectivity index (χ3n) is 2.12. The summed E-state index contributed by atoms with van der Waals surface area (Å²) >= 11 is 0. The van der Waals surface area contributed by atoms with Gasteiger partial charge in [-0.3, -0.25) is 0 Å². The van der Waals surface area contributed by atoms with Crippen LogP contribution in [-0.2, 0) is 4.79 Å². The third-order valence-corrected chi connectivity index (χ3v) is 2.12. The van der Waals surface area contributed by atoms with Gasteiger partial charge < -0.3 is 20.8 Å². The average Bonchev–Trinajstić information content (AvgIpc) is 2.16. The molecule has 0 aliphatic rings. The number of aliphatic hydroxyl groups is 1. The molecule has 0 aromatic rings. The summed E-state index contributed by atoms with van der Waals surface area (Å²) in [6.45, 7) is 3.58. The van der Waals surface area contributed by atoms with Gasteiger partial charge in [-0.1, -0.05) is 13.3 Å². The number of hydrogen-bond acceptors (Lipinski definition) is 3. The summed E-state index contributed by atoms with van der Waals surface area (Å²) in [6.07, 6.45) is 1.79. The molecule has 4 N–H and O–H groups in total. The van der Waals surface area contributed by atoms with Crippen LogP contribution in [0, 0.1) is 0 Å². The lowest BCUT2D eigenvalue weighted by molar-refractivity contribution is -0.139. The molecule has 0 aromatic heterocycles. The Balaban J connectivity index is 4.04. The van der Waals surface area contributed by atoms with E-state index < -0.39 is 18.0 Å². The number of rotatable bonds is 7. The first-order valence-electron chi connectivity index (χ1n) is 5.42. The van der Waals surface area contributed by atoms with Crippen molar-refractivity contribution in [2.75, 3.05) is 6.61 Å². The lowest BCUT2D eigenvalue weighted by Crippen LogP contribution is -2.48. The first-order chi connectivity index (χ1) is 7.51. The van der Waals surface area contributed by atoms with Crippen molar-refractivity contribution in [3.63, 3.8) is 0 Å². The molecule has 16 heavy (non-hydrogen) atoms. The van der Waals surface area contributed by atoms with Gasteiger partial charge in [-0.05, 0) is 13.3 Å². The smallest absolute Gasteiger partial charge is 0.326 e. The average molecular weight is 232 g/mol. The van der Waals surface area contributed by atoms with Crippen molar-refractivity contribution in [1.29, 1.82) is 0 Å². The zero-order valence-electron chi connectivity index (χ0n) is 9.69. The van der Waals surface area contributed by atoms with Gasteiger partial charge in [0.25, 0.3) is 0 Å². The predicted molar refractivity (Wildman–Crippen MR) is 59.2 cm³/mol. The van der Waals surface area contributed by atoms with Gasteiger partial charge in [0.1, 0.15) is 6.04 Å². The van der Waals surface area contributed by atoms with E-state index in [1.54, 1.807) is 0 Å². The van der Waals surface area contributed by atoms with Crippen LogP contribution in [0.3, 0.4) is 0 Å². The minimum atomic E-state index is -1.15. The topological polar surface area (TPSA) is 98.7 Å². The quantitative estimate of drug-likeness (QED) is 0.507. The second-order valence-corrected chi connectivity index (χ2v) is 3.71. The van der Waals surface area contributed by atoms with Crippen molar-refractivity contribution in [3.8, 4) is 0 Å². The molecule has 0 saturated carbocycles. The van der Waals surface area contributed by atoms with Gasteiger partial charge in [0.15, 0.2) is 0 Å². The Morgan fingerprint density at radius 1 is 1.25 bits per heavy atom. The molecule has 0 aromatic carbocycles. The Bertz CT molecular complexity index is 233. The molecule has 1 unspecified atom stereocenters. The van der Waals surface area contributed by atoms with E-state index in [4.69, 9.17) is 10.2 Å². The number of aliphatic hydroxyl groups excluding tert-OH is 1. The number of hydrogen-bond donors (Lipinski definition) is 4. The van der Waals surface area contributed by atoms with Gasteiger partial charge in [-0.15, -0.1) is 0 Å². The minimum absolute atomic E-state index is 0.00487. The third kappa shape index (κ3) is 6.23. The van der Waals surface area contributed by atoms with Crippen LogP contribution in [0.2, 0.25) is 0 Å². The molecule has 0 radical (unpaired) electrons. The van der Waals surface area contributed by atoms with Crippen LogP contribution in [-0.4, -0.2) is 40.9 Å². The molecule has 0 aliphatic heterocycles. The summed E-state index contributed by atoms with van der Waals surface area (Å²) in [5.41, 5.74) is 0. The van der Waals surface area contributed by atoms with Crippen LogP contribution in [0.4, 0.5) is 4.79 Å². The second kappa shape index (κ2) is 7.92. The maximum absolute atomic E-state index is 11.4. The van der Waals surface area contributed by atoms with E-state index in [9.17, 15) is 9.59 Å². The zero-order chi connectivity index (χ0) is 12.6. The van der Waals surface area contributed by atoms with Crippen molar-refractivity contribution >= 4 is 12.0 Å². The molecule has 94 valence electrons. The highest BCUT2D eigenvalue weighted by Crippen LogP contribution is 1.96. The standard InChI is InChI=1S/C10H20N2O4/c1-3-4-7(2)11-10(16)12-8(5-6-13)9(14)15/h7-8,13H,3-6H2,1-2H3,(H,14,15)(H2,11,12,16)/t7?,8-/m0/s1. The highest BCUT2D eigenvalue weighted by molar-refractivity contribution is 5.82. The molecular formula is C10H20N2O4. The number of carbonyl (C=O) groups excluding carboxylic acids is 1. The van der Waals surface area contributed by atoms with Gasteiger partial charge in [0.05, 0.1) is 0 Å². The normalized spacial score (nSPS) is 13.9. The fourth-order valence-electron chi connectivity index (χ4n) is 1.32. The number of aliphatic carboxylic acids is 1. The van der Waals surface area contributed by atoms with Crippen LogP contribution in [0.15, 0.2) is 0 Å². The number of carboxylic acids is 1. The van der Waals surface area contributed by atoms with E-state index in [1.165, 1.54) is 0 Å². The molecule has 6 nitrogen and oxygen atoms in total. The Morgan fingerprint density at radius 2 is 1.88 bits per heavy atom. The maximum Gasteiger partial charge on any atom is 0.326 e. The molecule has 0 heterocycles. The lowest BCUT2D eigenvalue weighted by Gasteiger charge is -2.17. The summed E-state index contributed by atoms with van der Waals surface area (Å²) in [6, 6.07) is -1.55. The largest absolute Gasteiger partial charge is 0.480 e. The molecular weight excluding hydrogens is 212 g/mol. The Hall–Kier alpha value is -1.30. The van der Waals surface area contributed by atoms with Crippen LogP contribution >= 0.6 is 0 Å². The fourth-order valence-corrected chi connectivity index (χ4v) is 1.32. The second-order valence-electron chi connectivity index (χ2n) is 3.71. The van der Waals surface area contributed by atoms with E-state index in [-0.39, 0.29) is 19.1 Å². The number of nitrogens with one attached hydrogen (secondary N) is 2. The Labute approximate surface area is 95.0 Å². The van der Waals surface area contributed by atoms with E-state index in [0.717, 1.165) is 12.8 Å². The SMILES string of the molecule is CCCC(C)NC(=O)N[C@@H](CCO)C(=O)O. The zero-order valence-corrected chi connectivity index (χ0v) is 9.69. The van der Waals surface area contributed by atoms with Crippen LogP contribution in [0.1, 0.15) is 33.1 Å². The lowest BCUT2D eigenvalue weighted by atomic mass is 10.2. The molecule has 0 bridgehead atoms. The van der Waals surface area contributed by atoms with Crippen molar-refractivity contribution in [2.24, 2.45) is 0 Å². The highest BCUT2D eigenvalue weighted by atomic mass is 16.4. The van der Waals surface area contributed by atoms with Crippen molar-refractivity contribution in [2.45, 2.75) is 45.2 Å². The fraction of sp³-hybridized carbons (Fsp3) is 0.800. The van der Waals surface area contributed by atoms with Crippen molar-refractivity contribution in [1.82, 2.24) is 10.6 Å². The molecule has 0 spiro atoms. The molecule has 0 fully saturated rings. The number of carboxylic acid groups (broad SMARTS) is 1. The van der Waals surface area contributed by atoms with Crippen molar-refractivity contribution in [3.05, 3.63) is 0 Å². The first kappa shape index (κ1) is 14.7. The van der Waals surface area contributed by atoms with Crippen LogP contribution in [0.25, 0.3) is 0 Å². The predicted octanol–water partition coefficient (Wildman–Crippen LogP) is 0.310. The number of amides is 2. The maximum atomic E-state index is 11.4. The number of urea groups is 1. The van der Waals surface area contributed by atoms with Crippen LogP contribution in [0.5, 0.6) is 0 Å². The van der Waals surface area contributed by atoms with E-state index in [2.05, 4.69) is 10.6 Å².